The van der Waals surface area contributed by atoms with E-state index in [1.807, 2.05) is 0 Å². The van der Waals surface area contributed by atoms with Crippen LogP contribution in [0.15, 0.2) is 46.7 Å². The Hall–Kier alpha value is -2.21. The Morgan fingerprint density at radius 2 is 1.70 bits per heavy atom. The number of thiocarbonyl (C=S) groups is 1. The zero-order valence-electron chi connectivity index (χ0n) is 16.5. The van der Waals surface area contributed by atoms with Gasteiger partial charge in [0, 0.05) is 10.7 Å². The summed E-state index contributed by atoms with van der Waals surface area (Å²) >= 11 is 23.5. The number of nitrogens with zero attached hydrogens (tertiary/aromatic N) is 1. The van der Waals surface area contributed by atoms with E-state index in [9.17, 15) is 18.0 Å². The smallest absolute Gasteiger partial charge is 0.273 e. The first-order valence-corrected chi connectivity index (χ1v) is 12.9. The van der Waals surface area contributed by atoms with Crippen LogP contribution >= 0.6 is 58.4 Å². The number of amides is 2. The summed E-state index contributed by atoms with van der Waals surface area (Å²) in [6.07, 6.45) is 0. The second kappa shape index (κ2) is 8.86. The zero-order valence-corrected chi connectivity index (χ0v) is 21.2. The largest absolute Gasteiger partial charge is 0.332 e. The number of imide groups is 1. The Bertz CT molecular complexity index is 1430. The molecule has 0 spiro atoms. The lowest BCUT2D eigenvalue weighted by molar-refractivity contribution is 0.0926. The molecule has 0 radical (unpaired) electrons. The van der Waals surface area contributed by atoms with Crippen molar-refractivity contribution in [2.45, 2.75) is 11.1 Å². The van der Waals surface area contributed by atoms with Gasteiger partial charge in [-0.05, 0) is 67.2 Å². The quantitative estimate of drug-likeness (QED) is 0.324. The Morgan fingerprint density at radius 1 is 1.00 bits per heavy atom. The van der Waals surface area contributed by atoms with E-state index in [4.69, 9.17) is 47.0 Å². The van der Waals surface area contributed by atoms with E-state index in [0.717, 1.165) is 16.2 Å². The van der Waals surface area contributed by atoms with E-state index in [1.54, 1.807) is 31.2 Å². The fourth-order valence-corrected chi connectivity index (χ4v) is 6.61. The highest BCUT2D eigenvalue weighted by molar-refractivity contribution is 7.93. The first-order chi connectivity index (χ1) is 15.5. The van der Waals surface area contributed by atoms with Gasteiger partial charge in [-0.25, -0.2) is 13.3 Å². The summed E-state index contributed by atoms with van der Waals surface area (Å²) in [4.78, 5) is 26.7. The molecular formula is C20H12Cl3N3O4S3. The van der Waals surface area contributed by atoms with Crippen LogP contribution in [0.3, 0.4) is 0 Å². The number of hydrogen-bond donors (Lipinski definition) is 2. The molecule has 33 heavy (non-hydrogen) atoms. The van der Waals surface area contributed by atoms with Crippen LogP contribution in [0.5, 0.6) is 0 Å². The monoisotopic (exact) mass is 559 g/mol. The number of benzene rings is 2. The van der Waals surface area contributed by atoms with Gasteiger partial charge in [0.25, 0.3) is 21.8 Å². The van der Waals surface area contributed by atoms with Crippen LogP contribution in [-0.2, 0) is 10.0 Å². The molecule has 3 aromatic rings. The predicted molar refractivity (Wildman–Crippen MR) is 135 cm³/mol. The van der Waals surface area contributed by atoms with Gasteiger partial charge in [-0.1, -0.05) is 34.8 Å². The van der Waals surface area contributed by atoms with Gasteiger partial charge >= 0.3 is 0 Å². The van der Waals surface area contributed by atoms with Crippen molar-refractivity contribution in [3.05, 3.63) is 73.5 Å². The minimum atomic E-state index is -3.97. The lowest BCUT2D eigenvalue weighted by Gasteiger charge is -2.18. The van der Waals surface area contributed by atoms with Gasteiger partial charge in [-0.15, -0.1) is 11.3 Å². The Morgan fingerprint density at radius 3 is 2.33 bits per heavy atom. The maximum atomic E-state index is 12.8. The highest BCUT2D eigenvalue weighted by Gasteiger charge is 2.37. The number of hydrogen-bond acceptors (Lipinski definition) is 6. The molecule has 7 nitrogen and oxygen atoms in total. The minimum Gasteiger partial charge on any atom is -0.332 e. The third-order valence-corrected chi connectivity index (χ3v) is 8.92. The number of carbonyl (C=O) groups is 2. The number of sulfonamides is 1. The van der Waals surface area contributed by atoms with Gasteiger partial charge in [0.1, 0.15) is 8.55 Å². The predicted octanol–water partition coefficient (Wildman–Crippen LogP) is 5.49. The number of fused-ring (bicyclic) bond motifs is 1. The average molecular weight is 561 g/mol. The Kier molecular flexibility index (Phi) is 6.43. The van der Waals surface area contributed by atoms with Crippen molar-refractivity contribution in [2.24, 2.45) is 0 Å². The van der Waals surface area contributed by atoms with Gasteiger partial charge in [0.05, 0.1) is 21.8 Å². The van der Waals surface area contributed by atoms with Crippen LogP contribution in [0.1, 0.15) is 26.3 Å². The number of thiophene rings is 1. The standard InChI is InChI=1S/C20H12Cl3N3O4S3/c1-9-6-11(24-20(31)25-33(29,30)16-8-14(22)17(23)32-16)3-5-15(9)26-18(27)12-4-2-10(21)7-13(12)19(26)28/h2-8H,1H3,(H2,24,25,31). The maximum absolute atomic E-state index is 12.8. The average Bonchev–Trinajstić information content (AvgIpc) is 3.19. The van der Waals surface area contributed by atoms with Gasteiger partial charge in [0.15, 0.2) is 5.11 Å². The van der Waals surface area contributed by atoms with Crippen molar-refractivity contribution in [1.82, 2.24) is 4.72 Å². The van der Waals surface area contributed by atoms with E-state index in [-0.39, 0.29) is 29.8 Å². The maximum Gasteiger partial charge on any atom is 0.273 e. The molecule has 2 heterocycles. The lowest BCUT2D eigenvalue weighted by atomic mass is 10.1. The summed E-state index contributed by atoms with van der Waals surface area (Å²) in [6, 6.07) is 10.5. The molecule has 0 unspecified atom stereocenters. The number of halogens is 3. The molecule has 2 N–H and O–H groups in total. The van der Waals surface area contributed by atoms with Crippen LogP contribution in [0.2, 0.25) is 14.4 Å². The highest BCUT2D eigenvalue weighted by Crippen LogP contribution is 2.35. The second-order valence-electron chi connectivity index (χ2n) is 6.88. The van der Waals surface area contributed by atoms with E-state index >= 15 is 0 Å². The molecule has 1 aliphatic rings. The third-order valence-electron chi connectivity index (χ3n) is 4.66. The van der Waals surface area contributed by atoms with Gasteiger partial charge in [-0.3, -0.25) is 14.3 Å². The molecule has 0 bridgehead atoms. The molecule has 0 atom stereocenters. The van der Waals surface area contributed by atoms with E-state index in [1.165, 1.54) is 18.2 Å². The topological polar surface area (TPSA) is 95.6 Å². The molecule has 0 saturated carbocycles. The van der Waals surface area contributed by atoms with Crippen molar-refractivity contribution in [1.29, 1.82) is 0 Å². The van der Waals surface area contributed by atoms with E-state index < -0.39 is 21.8 Å². The molecule has 2 amide bonds. The van der Waals surface area contributed by atoms with Gasteiger partial charge < -0.3 is 5.32 Å². The number of anilines is 2. The van der Waals surface area contributed by atoms with Crippen LogP contribution in [0, 0.1) is 6.92 Å². The molecule has 170 valence electrons. The normalized spacial score (nSPS) is 13.3. The third kappa shape index (κ3) is 4.59. The summed E-state index contributed by atoms with van der Waals surface area (Å²) in [7, 11) is -3.97. The number of nitrogens with one attached hydrogen (secondary N) is 2. The van der Waals surface area contributed by atoms with Crippen molar-refractivity contribution in [3.63, 3.8) is 0 Å². The fourth-order valence-electron chi connectivity index (χ4n) is 3.20. The molecule has 1 aromatic heterocycles. The highest BCUT2D eigenvalue weighted by atomic mass is 35.5. The summed E-state index contributed by atoms with van der Waals surface area (Å²) < 4.78 is 27.2. The molecule has 13 heteroatoms. The summed E-state index contributed by atoms with van der Waals surface area (Å²) in [5.41, 5.74) is 1.93. The van der Waals surface area contributed by atoms with E-state index in [0.29, 0.717) is 22.0 Å². The van der Waals surface area contributed by atoms with Gasteiger partial charge in [0.2, 0.25) is 0 Å². The fraction of sp³-hybridized carbons (Fsp3) is 0.0500. The van der Waals surface area contributed by atoms with Crippen molar-refractivity contribution in [3.8, 4) is 0 Å². The van der Waals surface area contributed by atoms with Crippen LogP contribution in [-0.4, -0.2) is 25.3 Å². The lowest BCUT2D eigenvalue weighted by Crippen LogP contribution is -2.34. The summed E-state index contributed by atoms with van der Waals surface area (Å²) in [5.74, 6) is -0.926. The second-order valence-corrected chi connectivity index (χ2v) is 11.7. The zero-order chi connectivity index (χ0) is 24.1. The number of aryl methyl sites for hydroxylation is 1. The first kappa shape index (κ1) is 23.9. The van der Waals surface area contributed by atoms with Gasteiger partial charge in [-0.2, -0.15) is 0 Å². The molecule has 0 saturated heterocycles. The Balaban J connectivity index is 1.52. The molecule has 4 rings (SSSR count). The van der Waals surface area contributed by atoms with Crippen LogP contribution in [0.25, 0.3) is 0 Å². The molecule has 0 fully saturated rings. The molecule has 0 aliphatic carbocycles. The molecule has 2 aromatic carbocycles. The summed E-state index contributed by atoms with van der Waals surface area (Å²) in [5, 5.41) is 3.07. The summed E-state index contributed by atoms with van der Waals surface area (Å²) in [6.45, 7) is 1.71. The van der Waals surface area contributed by atoms with Crippen LogP contribution < -0.4 is 14.9 Å². The first-order valence-electron chi connectivity index (χ1n) is 9.05. The van der Waals surface area contributed by atoms with Crippen molar-refractivity contribution in [2.75, 3.05) is 10.2 Å². The van der Waals surface area contributed by atoms with Crippen molar-refractivity contribution < 1.29 is 18.0 Å². The molecule has 1 aliphatic heterocycles. The number of rotatable bonds is 4. The van der Waals surface area contributed by atoms with E-state index in [2.05, 4.69) is 10.0 Å². The Labute approximate surface area is 213 Å². The SMILES string of the molecule is Cc1cc(NC(=S)NS(=O)(=O)c2cc(Cl)c(Cl)s2)ccc1N1C(=O)c2ccc(Cl)cc2C1=O. The molecular weight excluding hydrogens is 549 g/mol. The minimum absolute atomic E-state index is 0.0843. The van der Waals surface area contributed by atoms with Crippen molar-refractivity contribution >= 4 is 96.7 Å². The van der Waals surface area contributed by atoms with Crippen LogP contribution in [0.4, 0.5) is 11.4 Å². The number of carbonyl (C=O) groups excluding carboxylic acids is 2.